The second-order valence-corrected chi connectivity index (χ2v) is 8.15. The lowest BCUT2D eigenvalue weighted by atomic mass is 10.1. The Hall–Kier alpha value is -3.52. The third-order valence-corrected chi connectivity index (χ3v) is 5.51. The van der Waals surface area contributed by atoms with E-state index >= 15 is 0 Å². The van der Waals surface area contributed by atoms with E-state index in [1.807, 2.05) is 31.4 Å². The standard InChI is InChI=1S/C23H21FN4O2S/c1-15-7-16(2)9-19(8-15)30-12-17-10-21(31-13-17)22(29)26-23-25-14-28(27-23)11-18-5-3-4-6-20(18)24/h3-10,13-14H,11-12H2,1-2H3,(H,26,27,29). The average Bonchev–Trinajstić information content (AvgIpc) is 3.37. The fraction of sp³-hybridized carbons (Fsp3) is 0.174. The number of nitrogens with one attached hydrogen (secondary N) is 1. The molecular formula is C23H21FN4O2S. The molecule has 2 heterocycles. The van der Waals surface area contributed by atoms with Gasteiger partial charge in [0.05, 0.1) is 11.4 Å². The van der Waals surface area contributed by atoms with Gasteiger partial charge in [-0.05, 0) is 54.6 Å². The third kappa shape index (κ3) is 5.35. The summed E-state index contributed by atoms with van der Waals surface area (Å²) >= 11 is 1.33. The minimum atomic E-state index is -0.308. The molecule has 1 N–H and O–H groups in total. The normalized spacial score (nSPS) is 10.8. The molecule has 0 aliphatic carbocycles. The molecule has 0 spiro atoms. The number of anilines is 1. The van der Waals surface area contributed by atoms with Crippen molar-refractivity contribution < 1.29 is 13.9 Å². The number of thiophene rings is 1. The highest BCUT2D eigenvalue weighted by Crippen LogP contribution is 2.21. The zero-order chi connectivity index (χ0) is 21.8. The number of rotatable bonds is 7. The summed E-state index contributed by atoms with van der Waals surface area (Å²) in [7, 11) is 0. The quantitative estimate of drug-likeness (QED) is 0.444. The molecule has 31 heavy (non-hydrogen) atoms. The maximum absolute atomic E-state index is 13.8. The van der Waals surface area contributed by atoms with Gasteiger partial charge in [0.1, 0.15) is 24.5 Å². The van der Waals surface area contributed by atoms with E-state index in [1.54, 1.807) is 24.3 Å². The van der Waals surface area contributed by atoms with Crippen molar-refractivity contribution in [3.8, 4) is 5.75 Å². The first-order valence-corrected chi connectivity index (χ1v) is 10.6. The van der Waals surface area contributed by atoms with Crippen molar-refractivity contribution >= 4 is 23.2 Å². The van der Waals surface area contributed by atoms with Crippen LogP contribution in [0, 0.1) is 19.7 Å². The van der Waals surface area contributed by atoms with Gasteiger partial charge >= 0.3 is 0 Å². The molecule has 158 valence electrons. The van der Waals surface area contributed by atoms with Crippen LogP contribution < -0.4 is 10.1 Å². The van der Waals surface area contributed by atoms with Crippen molar-refractivity contribution in [1.29, 1.82) is 0 Å². The van der Waals surface area contributed by atoms with Crippen LogP contribution in [0.4, 0.5) is 10.3 Å². The maximum atomic E-state index is 13.8. The van der Waals surface area contributed by atoms with E-state index < -0.39 is 0 Å². The molecule has 8 heteroatoms. The van der Waals surface area contributed by atoms with Crippen LogP contribution in [0.1, 0.15) is 31.9 Å². The van der Waals surface area contributed by atoms with Gasteiger partial charge in [-0.15, -0.1) is 16.4 Å². The Morgan fingerprint density at radius 2 is 1.94 bits per heavy atom. The summed E-state index contributed by atoms with van der Waals surface area (Å²) < 4.78 is 21.1. The molecule has 6 nitrogen and oxygen atoms in total. The first-order chi connectivity index (χ1) is 15.0. The topological polar surface area (TPSA) is 69.0 Å². The Bertz CT molecular complexity index is 1200. The van der Waals surface area contributed by atoms with E-state index in [2.05, 4.69) is 21.5 Å². The van der Waals surface area contributed by atoms with E-state index in [0.717, 1.165) is 22.4 Å². The Balaban J connectivity index is 1.35. The molecule has 0 atom stereocenters. The van der Waals surface area contributed by atoms with E-state index in [1.165, 1.54) is 28.4 Å². The van der Waals surface area contributed by atoms with Gasteiger partial charge in [0, 0.05) is 11.1 Å². The van der Waals surface area contributed by atoms with Crippen molar-refractivity contribution in [3.63, 3.8) is 0 Å². The van der Waals surface area contributed by atoms with Crippen LogP contribution in [0.3, 0.4) is 0 Å². The molecule has 0 saturated heterocycles. The van der Waals surface area contributed by atoms with Crippen LogP contribution in [0.5, 0.6) is 5.75 Å². The van der Waals surface area contributed by atoms with Crippen LogP contribution in [0.25, 0.3) is 0 Å². The molecule has 0 bridgehead atoms. The van der Waals surface area contributed by atoms with Gasteiger partial charge in [-0.3, -0.25) is 10.1 Å². The molecular weight excluding hydrogens is 415 g/mol. The van der Waals surface area contributed by atoms with Gasteiger partial charge < -0.3 is 4.74 Å². The lowest BCUT2D eigenvalue weighted by Crippen LogP contribution is -2.12. The summed E-state index contributed by atoms with van der Waals surface area (Å²) in [6.07, 6.45) is 1.46. The number of halogens is 1. The van der Waals surface area contributed by atoms with Gasteiger partial charge in [-0.2, -0.15) is 0 Å². The monoisotopic (exact) mass is 436 g/mol. The zero-order valence-corrected chi connectivity index (χ0v) is 17.9. The van der Waals surface area contributed by atoms with Crippen LogP contribution in [-0.2, 0) is 13.2 Å². The summed E-state index contributed by atoms with van der Waals surface area (Å²) in [6, 6.07) is 14.3. The van der Waals surface area contributed by atoms with E-state index in [-0.39, 0.29) is 24.2 Å². The zero-order valence-electron chi connectivity index (χ0n) is 17.1. The summed E-state index contributed by atoms with van der Waals surface area (Å²) in [4.78, 5) is 17.1. The minimum Gasteiger partial charge on any atom is -0.489 e. The summed E-state index contributed by atoms with van der Waals surface area (Å²) in [5.74, 6) is 0.367. The molecule has 1 amide bonds. The highest BCUT2D eigenvalue weighted by atomic mass is 32.1. The van der Waals surface area contributed by atoms with Gasteiger partial charge in [-0.25, -0.2) is 14.1 Å². The molecule has 0 fully saturated rings. The Labute approximate surface area is 183 Å². The lowest BCUT2D eigenvalue weighted by molar-refractivity contribution is 0.102. The van der Waals surface area contributed by atoms with Crippen molar-refractivity contribution in [2.75, 3.05) is 5.32 Å². The third-order valence-electron chi connectivity index (χ3n) is 4.53. The highest BCUT2D eigenvalue weighted by molar-refractivity contribution is 7.12. The average molecular weight is 437 g/mol. The number of carbonyl (C=O) groups is 1. The summed E-state index contributed by atoms with van der Waals surface area (Å²) in [5, 5.41) is 8.76. The number of hydrogen-bond donors (Lipinski definition) is 1. The second kappa shape index (κ2) is 9.09. The van der Waals surface area contributed by atoms with Crippen molar-refractivity contribution in [1.82, 2.24) is 14.8 Å². The van der Waals surface area contributed by atoms with E-state index in [4.69, 9.17) is 4.74 Å². The number of carbonyl (C=O) groups excluding carboxylic acids is 1. The summed E-state index contributed by atoms with van der Waals surface area (Å²) in [6.45, 7) is 4.66. The number of aromatic nitrogens is 3. The Morgan fingerprint density at radius 1 is 1.16 bits per heavy atom. The molecule has 4 rings (SSSR count). The van der Waals surface area contributed by atoms with Crippen molar-refractivity contribution in [2.24, 2.45) is 0 Å². The van der Waals surface area contributed by atoms with E-state index in [0.29, 0.717) is 17.0 Å². The molecule has 2 aromatic carbocycles. The number of benzene rings is 2. The lowest BCUT2D eigenvalue weighted by Gasteiger charge is -2.07. The smallest absolute Gasteiger partial charge is 0.268 e. The van der Waals surface area contributed by atoms with Gasteiger partial charge in [-0.1, -0.05) is 24.3 Å². The highest BCUT2D eigenvalue weighted by Gasteiger charge is 2.13. The van der Waals surface area contributed by atoms with Gasteiger partial charge in [0.25, 0.3) is 5.91 Å². The minimum absolute atomic E-state index is 0.169. The maximum Gasteiger partial charge on any atom is 0.268 e. The predicted octanol–water partition coefficient (Wildman–Crippen LogP) is 4.98. The molecule has 4 aromatic rings. The Kier molecular flexibility index (Phi) is 6.08. The number of nitrogens with zero attached hydrogens (tertiary/aromatic N) is 3. The van der Waals surface area contributed by atoms with Crippen molar-refractivity contribution in [2.45, 2.75) is 27.0 Å². The number of amides is 1. The molecule has 0 unspecified atom stereocenters. The van der Waals surface area contributed by atoms with Crippen molar-refractivity contribution in [3.05, 3.63) is 93.2 Å². The Morgan fingerprint density at radius 3 is 2.71 bits per heavy atom. The van der Waals surface area contributed by atoms with Crippen LogP contribution in [-0.4, -0.2) is 20.7 Å². The van der Waals surface area contributed by atoms with Gasteiger partial charge in [0.2, 0.25) is 5.95 Å². The number of ether oxygens (including phenoxy) is 1. The molecule has 0 radical (unpaired) electrons. The first-order valence-electron chi connectivity index (χ1n) is 9.69. The molecule has 0 aliphatic heterocycles. The SMILES string of the molecule is Cc1cc(C)cc(OCc2csc(C(=O)Nc3ncn(Cc4ccccc4F)n3)c2)c1. The van der Waals surface area contributed by atoms with Crippen LogP contribution >= 0.6 is 11.3 Å². The second-order valence-electron chi connectivity index (χ2n) is 7.24. The number of aryl methyl sites for hydroxylation is 2. The first kappa shape index (κ1) is 20.7. The number of hydrogen-bond acceptors (Lipinski definition) is 5. The fourth-order valence-electron chi connectivity index (χ4n) is 3.15. The van der Waals surface area contributed by atoms with E-state index in [9.17, 15) is 9.18 Å². The predicted molar refractivity (Wildman–Crippen MR) is 118 cm³/mol. The fourth-order valence-corrected chi connectivity index (χ4v) is 3.94. The van der Waals surface area contributed by atoms with Gasteiger partial charge in [0.15, 0.2) is 0 Å². The molecule has 0 aliphatic rings. The van der Waals surface area contributed by atoms with Crippen LogP contribution in [0.2, 0.25) is 0 Å². The largest absolute Gasteiger partial charge is 0.489 e. The molecule has 0 saturated carbocycles. The summed E-state index contributed by atoms with van der Waals surface area (Å²) in [5.41, 5.74) is 3.69. The van der Waals surface area contributed by atoms with Crippen LogP contribution in [0.15, 0.2) is 60.2 Å². The molecule has 2 aromatic heterocycles.